The molecule has 0 aliphatic carbocycles. The maximum absolute atomic E-state index is 10.4. The van der Waals surface area contributed by atoms with Gasteiger partial charge in [-0.1, -0.05) is 29.8 Å². The van der Waals surface area contributed by atoms with Gasteiger partial charge in [0.1, 0.15) is 0 Å². The monoisotopic (exact) mass is 236 g/mol. The van der Waals surface area contributed by atoms with Gasteiger partial charge in [-0.2, -0.15) is 0 Å². The van der Waals surface area contributed by atoms with Crippen LogP contribution in [-0.2, 0) is 9.63 Å². The maximum atomic E-state index is 10.4. The molecule has 0 aromatic carbocycles. The van der Waals surface area contributed by atoms with E-state index >= 15 is 0 Å². The number of amidine groups is 1. The van der Waals surface area contributed by atoms with Gasteiger partial charge in [0.15, 0.2) is 12.6 Å². The molecule has 5 nitrogen and oxygen atoms in total. The Morgan fingerprint density at radius 3 is 3.24 bits per heavy atom. The summed E-state index contributed by atoms with van der Waals surface area (Å²) in [5.74, 6) is 0.119. The van der Waals surface area contributed by atoms with Gasteiger partial charge in [0.25, 0.3) is 0 Å². The fourth-order valence-electron chi connectivity index (χ4n) is 1.99. The molecule has 0 aromatic rings. The largest absolute Gasteiger partial charge is 0.481 e. The van der Waals surface area contributed by atoms with Gasteiger partial charge >= 0.3 is 5.97 Å². The van der Waals surface area contributed by atoms with Crippen LogP contribution in [0.25, 0.3) is 0 Å². The summed E-state index contributed by atoms with van der Waals surface area (Å²) in [6.45, 7) is 0.480. The van der Waals surface area contributed by atoms with Crippen molar-refractivity contribution in [1.29, 1.82) is 0 Å². The molecule has 1 atom stereocenters. The standard InChI is InChI=1S/C12H16N2O3/c15-12(16)8-4-2-6-10-5-1-3-7-11-13-17-9-14(10)11/h1,3,5,7,10H,2,4,6,8-9H2,(H,15,16). The van der Waals surface area contributed by atoms with Crippen molar-refractivity contribution in [2.75, 3.05) is 6.73 Å². The number of carboxylic acid groups (broad SMARTS) is 1. The molecule has 2 heterocycles. The average Bonchev–Trinajstić information content (AvgIpc) is 2.67. The van der Waals surface area contributed by atoms with Crippen LogP contribution in [0.5, 0.6) is 0 Å². The zero-order chi connectivity index (χ0) is 12.1. The highest BCUT2D eigenvalue weighted by Crippen LogP contribution is 2.18. The molecule has 2 rings (SSSR count). The molecule has 1 N–H and O–H groups in total. The number of rotatable bonds is 5. The molecule has 0 fully saturated rings. The average molecular weight is 236 g/mol. The summed E-state index contributed by atoms with van der Waals surface area (Å²) in [7, 11) is 0. The summed E-state index contributed by atoms with van der Waals surface area (Å²) in [4.78, 5) is 17.6. The highest BCUT2D eigenvalue weighted by Gasteiger charge is 2.24. The number of carbonyl (C=O) groups is 1. The highest BCUT2D eigenvalue weighted by atomic mass is 16.7. The Balaban J connectivity index is 1.83. The summed E-state index contributed by atoms with van der Waals surface area (Å²) < 4.78 is 0. The minimum atomic E-state index is -0.727. The van der Waals surface area contributed by atoms with E-state index in [9.17, 15) is 4.79 Å². The Morgan fingerprint density at radius 2 is 2.41 bits per heavy atom. The van der Waals surface area contributed by atoms with Gasteiger partial charge in [-0.3, -0.25) is 4.79 Å². The number of unbranched alkanes of at least 4 members (excludes halogenated alkanes) is 1. The van der Waals surface area contributed by atoms with E-state index < -0.39 is 5.97 Å². The summed E-state index contributed by atoms with van der Waals surface area (Å²) in [5, 5.41) is 12.5. The molecule has 17 heavy (non-hydrogen) atoms. The lowest BCUT2D eigenvalue weighted by Gasteiger charge is -2.24. The third kappa shape index (κ3) is 3.09. The molecule has 2 aliphatic rings. The Labute approximate surface area is 100 Å². The van der Waals surface area contributed by atoms with Gasteiger partial charge in [0, 0.05) is 6.42 Å². The molecule has 1 unspecified atom stereocenters. The number of fused-ring (bicyclic) bond motifs is 1. The van der Waals surface area contributed by atoms with Crippen molar-refractivity contribution in [2.24, 2.45) is 5.16 Å². The summed E-state index contributed by atoms with van der Waals surface area (Å²) in [5.41, 5.74) is 0. The van der Waals surface area contributed by atoms with E-state index in [-0.39, 0.29) is 12.5 Å². The van der Waals surface area contributed by atoms with Gasteiger partial charge in [-0.05, 0) is 18.9 Å². The summed E-state index contributed by atoms with van der Waals surface area (Å²) in [6, 6.07) is 0.250. The zero-order valence-electron chi connectivity index (χ0n) is 9.58. The minimum Gasteiger partial charge on any atom is -0.481 e. The fourth-order valence-corrected chi connectivity index (χ4v) is 1.99. The third-order valence-electron chi connectivity index (χ3n) is 2.88. The Morgan fingerprint density at radius 1 is 1.53 bits per heavy atom. The first-order valence-electron chi connectivity index (χ1n) is 5.80. The SMILES string of the molecule is O=C(O)CCCCC1C=CC=CC2=NOCN21. The van der Waals surface area contributed by atoms with E-state index in [2.05, 4.69) is 16.1 Å². The first-order valence-corrected chi connectivity index (χ1v) is 5.80. The van der Waals surface area contributed by atoms with E-state index in [1.807, 2.05) is 18.2 Å². The number of nitrogens with zero attached hydrogens (tertiary/aromatic N) is 2. The third-order valence-corrected chi connectivity index (χ3v) is 2.88. The van der Waals surface area contributed by atoms with E-state index in [1.54, 1.807) is 0 Å². The van der Waals surface area contributed by atoms with Crippen molar-refractivity contribution in [1.82, 2.24) is 4.90 Å². The molecule has 0 saturated heterocycles. The number of oxime groups is 1. The van der Waals surface area contributed by atoms with Gasteiger partial charge < -0.3 is 14.8 Å². The highest BCUT2D eigenvalue weighted by molar-refractivity contribution is 5.94. The van der Waals surface area contributed by atoms with E-state index in [1.165, 1.54) is 0 Å². The molecular weight excluding hydrogens is 220 g/mol. The Hall–Kier alpha value is -1.78. The number of hydrogen-bond donors (Lipinski definition) is 1. The second-order valence-electron chi connectivity index (χ2n) is 4.13. The molecule has 2 aliphatic heterocycles. The first-order chi connectivity index (χ1) is 8.27. The molecule has 0 bridgehead atoms. The van der Waals surface area contributed by atoms with Crippen molar-refractivity contribution < 1.29 is 14.7 Å². The van der Waals surface area contributed by atoms with Crippen molar-refractivity contribution in [3.63, 3.8) is 0 Å². The van der Waals surface area contributed by atoms with Gasteiger partial charge in [-0.25, -0.2) is 0 Å². The van der Waals surface area contributed by atoms with Crippen LogP contribution >= 0.6 is 0 Å². The van der Waals surface area contributed by atoms with E-state index in [0.29, 0.717) is 13.2 Å². The lowest BCUT2D eigenvalue weighted by molar-refractivity contribution is -0.137. The molecule has 0 aromatic heterocycles. The molecular formula is C12H16N2O3. The molecule has 0 spiro atoms. The number of carboxylic acids is 1. The normalized spacial score (nSPS) is 21.8. The Bertz CT molecular complexity index is 374. The van der Waals surface area contributed by atoms with Crippen LogP contribution in [0.15, 0.2) is 29.5 Å². The number of hydrogen-bond acceptors (Lipinski definition) is 4. The van der Waals surface area contributed by atoms with Gasteiger partial charge in [-0.15, -0.1) is 0 Å². The minimum absolute atomic E-state index is 0.242. The first kappa shape index (κ1) is 11.7. The molecule has 0 amide bonds. The van der Waals surface area contributed by atoms with Crippen LogP contribution in [0, 0.1) is 0 Å². The van der Waals surface area contributed by atoms with E-state index in [0.717, 1.165) is 18.7 Å². The number of allylic oxidation sites excluding steroid dienone is 2. The van der Waals surface area contributed by atoms with Crippen LogP contribution in [0.1, 0.15) is 25.7 Å². The maximum Gasteiger partial charge on any atom is 0.303 e. The lowest BCUT2D eigenvalue weighted by atomic mass is 10.1. The zero-order valence-corrected chi connectivity index (χ0v) is 9.58. The van der Waals surface area contributed by atoms with Crippen molar-refractivity contribution in [3.05, 3.63) is 24.3 Å². The summed E-state index contributed by atoms with van der Waals surface area (Å²) in [6.07, 6.45) is 10.7. The molecule has 0 saturated carbocycles. The van der Waals surface area contributed by atoms with Gasteiger partial charge in [0.2, 0.25) is 0 Å². The lowest BCUT2D eigenvalue weighted by Crippen LogP contribution is -2.35. The predicted molar refractivity (Wildman–Crippen MR) is 63.4 cm³/mol. The van der Waals surface area contributed by atoms with Crippen LogP contribution in [0.2, 0.25) is 0 Å². The topological polar surface area (TPSA) is 62.1 Å². The smallest absolute Gasteiger partial charge is 0.303 e. The van der Waals surface area contributed by atoms with Gasteiger partial charge in [0.05, 0.1) is 6.04 Å². The molecule has 92 valence electrons. The van der Waals surface area contributed by atoms with Crippen LogP contribution in [0.4, 0.5) is 0 Å². The second kappa shape index (κ2) is 5.52. The van der Waals surface area contributed by atoms with Crippen molar-refractivity contribution in [3.8, 4) is 0 Å². The van der Waals surface area contributed by atoms with E-state index in [4.69, 9.17) is 9.94 Å². The van der Waals surface area contributed by atoms with Crippen LogP contribution in [-0.4, -0.2) is 34.6 Å². The fraction of sp³-hybridized carbons (Fsp3) is 0.500. The quantitative estimate of drug-likeness (QED) is 0.738. The van der Waals surface area contributed by atoms with Crippen molar-refractivity contribution in [2.45, 2.75) is 31.7 Å². The number of aliphatic carboxylic acids is 1. The van der Waals surface area contributed by atoms with Crippen LogP contribution < -0.4 is 0 Å². The molecule has 0 radical (unpaired) electrons. The Kier molecular flexibility index (Phi) is 3.80. The summed E-state index contributed by atoms with van der Waals surface area (Å²) >= 11 is 0. The second-order valence-corrected chi connectivity index (χ2v) is 4.13. The van der Waals surface area contributed by atoms with Crippen molar-refractivity contribution >= 4 is 11.8 Å². The molecule has 5 heteroatoms. The van der Waals surface area contributed by atoms with Crippen LogP contribution in [0.3, 0.4) is 0 Å². The predicted octanol–water partition coefficient (Wildman–Crippen LogP) is 1.73.